The zero-order valence-electron chi connectivity index (χ0n) is 14.3. The highest BCUT2D eigenvalue weighted by Gasteiger charge is 2.27. The normalized spacial score (nSPS) is 15.0. The zero-order valence-corrected chi connectivity index (χ0v) is 14.3. The standard InChI is InChI=1S/C21H25NO2/c1-17-12-14-20(15-13-17)24-16-21(23)22(18-8-4-2-5-9-18)19-10-6-3-7-11-19/h2,4-5,8-9,12-15,19H,3,6-7,10-11,16H2,1H3. The number of aryl methyl sites for hydroxylation is 1. The SMILES string of the molecule is Cc1ccc(OCC(=O)N(c2ccccc2)C2CCCCC2)cc1. The van der Waals surface area contributed by atoms with Crippen LogP contribution in [0.1, 0.15) is 37.7 Å². The number of carbonyl (C=O) groups is 1. The van der Waals surface area contributed by atoms with Crippen LogP contribution in [0.4, 0.5) is 5.69 Å². The van der Waals surface area contributed by atoms with Crippen LogP contribution in [0.5, 0.6) is 5.75 Å². The fourth-order valence-corrected chi connectivity index (χ4v) is 3.34. The Morgan fingerprint density at radius 3 is 2.33 bits per heavy atom. The molecule has 1 aliphatic carbocycles. The van der Waals surface area contributed by atoms with Crippen LogP contribution in [0.2, 0.25) is 0 Å². The number of hydrogen-bond donors (Lipinski definition) is 0. The van der Waals surface area contributed by atoms with E-state index in [0.717, 1.165) is 24.3 Å². The molecule has 1 aliphatic rings. The van der Waals surface area contributed by atoms with Crippen LogP contribution in [0, 0.1) is 6.92 Å². The second-order valence-electron chi connectivity index (χ2n) is 6.49. The van der Waals surface area contributed by atoms with Gasteiger partial charge < -0.3 is 9.64 Å². The van der Waals surface area contributed by atoms with Crippen LogP contribution in [0.15, 0.2) is 54.6 Å². The summed E-state index contributed by atoms with van der Waals surface area (Å²) in [6.07, 6.45) is 5.81. The minimum absolute atomic E-state index is 0.0358. The summed E-state index contributed by atoms with van der Waals surface area (Å²) in [4.78, 5) is 14.8. The third-order valence-electron chi connectivity index (χ3n) is 4.63. The molecule has 0 heterocycles. The largest absolute Gasteiger partial charge is 0.484 e. The first-order valence-corrected chi connectivity index (χ1v) is 8.80. The maximum atomic E-state index is 12.9. The van der Waals surface area contributed by atoms with Crippen molar-refractivity contribution >= 4 is 11.6 Å². The van der Waals surface area contributed by atoms with E-state index in [-0.39, 0.29) is 18.6 Å². The van der Waals surface area contributed by atoms with Gasteiger partial charge in [0.05, 0.1) is 0 Å². The number of hydrogen-bond acceptors (Lipinski definition) is 2. The van der Waals surface area contributed by atoms with Gasteiger partial charge in [0.15, 0.2) is 6.61 Å². The second-order valence-corrected chi connectivity index (χ2v) is 6.49. The molecule has 1 saturated carbocycles. The van der Waals surface area contributed by atoms with Gasteiger partial charge in [0, 0.05) is 11.7 Å². The predicted molar refractivity (Wildman–Crippen MR) is 97.5 cm³/mol. The van der Waals surface area contributed by atoms with E-state index in [0.29, 0.717) is 0 Å². The van der Waals surface area contributed by atoms with Crippen molar-refractivity contribution in [2.75, 3.05) is 11.5 Å². The molecule has 0 bridgehead atoms. The Morgan fingerprint density at radius 2 is 1.67 bits per heavy atom. The van der Waals surface area contributed by atoms with Crippen molar-refractivity contribution in [3.63, 3.8) is 0 Å². The molecule has 3 rings (SSSR count). The van der Waals surface area contributed by atoms with Crippen LogP contribution >= 0.6 is 0 Å². The third kappa shape index (κ3) is 4.16. The molecule has 2 aromatic rings. The topological polar surface area (TPSA) is 29.5 Å². The van der Waals surface area contributed by atoms with Gasteiger partial charge in [0.25, 0.3) is 5.91 Å². The number of benzene rings is 2. The van der Waals surface area contributed by atoms with Gasteiger partial charge in [-0.25, -0.2) is 0 Å². The molecule has 0 spiro atoms. The molecule has 1 amide bonds. The van der Waals surface area contributed by atoms with Gasteiger partial charge in [0.1, 0.15) is 5.75 Å². The molecule has 0 aromatic heterocycles. The lowest BCUT2D eigenvalue weighted by atomic mass is 9.93. The first kappa shape index (κ1) is 16.6. The Labute approximate surface area is 144 Å². The van der Waals surface area contributed by atoms with Crippen molar-refractivity contribution in [1.82, 2.24) is 0 Å². The number of anilines is 1. The van der Waals surface area contributed by atoms with E-state index in [1.165, 1.54) is 24.8 Å². The molecule has 126 valence electrons. The lowest BCUT2D eigenvalue weighted by Crippen LogP contribution is -2.44. The predicted octanol–water partition coefficient (Wildman–Crippen LogP) is 4.74. The highest BCUT2D eigenvalue weighted by Crippen LogP contribution is 2.27. The van der Waals surface area contributed by atoms with Crippen molar-refractivity contribution in [2.45, 2.75) is 45.1 Å². The Balaban J connectivity index is 1.72. The molecule has 3 heteroatoms. The van der Waals surface area contributed by atoms with Crippen LogP contribution in [0.25, 0.3) is 0 Å². The molecule has 0 saturated heterocycles. The minimum Gasteiger partial charge on any atom is -0.484 e. The number of rotatable bonds is 5. The van der Waals surface area contributed by atoms with E-state index < -0.39 is 0 Å². The van der Waals surface area contributed by atoms with Crippen molar-refractivity contribution in [1.29, 1.82) is 0 Å². The number of para-hydroxylation sites is 1. The Bertz CT molecular complexity index is 645. The van der Waals surface area contributed by atoms with E-state index in [4.69, 9.17) is 4.74 Å². The second kappa shape index (κ2) is 8.00. The molecule has 24 heavy (non-hydrogen) atoms. The Kier molecular flexibility index (Phi) is 5.52. The summed E-state index contributed by atoms with van der Waals surface area (Å²) < 4.78 is 5.72. The number of ether oxygens (including phenoxy) is 1. The fraction of sp³-hybridized carbons (Fsp3) is 0.381. The summed E-state index contributed by atoms with van der Waals surface area (Å²) in [6, 6.07) is 18.1. The van der Waals surface area contributed by atoms with Gasteiger partial charge in [-0.1, -0.05) is 55.2 Å². The molecule has 0 unspecified atom stereocenters. The molecule has 3 nitrogen and oxygen atoms in total. The van der Waals surface area contributed by atoms with Crippen LogP contribution in [-0.4, -0.2) is 18.6 Å². The van der Waals surface area contributed by atoms with Crippen molar-refractivity contribution < 1.29 is 9.53 Å². The van der Waals surface area contributed by atoms with Gasteiger partial charge in [-0.15, -0.1) is 0 Å². The molecule has 1 fully saturated rings. The monoisotopic (exact) mass is 323 g/mol. The van der Waals surface area contributed by atoms with Crippen LogP contribution in [-0.2, 0) is 4.79 Å². The van der Waals surface area contributed by atoms with E-state index in [9.17, 15) is 4.79 Å². The third-order valence-corrected chi connectivity index (χ3v) is 4.63. The summed E-state index contributed by atoms with van der Waals surface area (Å²) in [6.45, 7) is 2.11. The van der Waals surface area contributed by atoms with Gasteiger partial charge in [-0.3, -0.25) is 4.79 Å². The molecular weight excluding hydrogens is 298 g/mol. The summed E-state index contributed by atoms with van der Waals surface area (Å²) in [5, 5.41) is 0. The van der Waals surface area contributed by atoms with E-state index in [1.54, 1.807) is 0 Å². The molecule has 0 aliphatic heterocycles. The summed E-state index contributed by atoms with van der Waals surface area (Å²) >= 11 is 0. The molecule has 2 aromatic carbocycles. The first-order chi connectivity index (χ1) is 11.7. The van der Waals surface area contributed by atoms with E-state index in [1.807, 2.05) is 66.4 Å². The number of amides is 1. The summed E-state index contributed by atoms with van der Waals surface area (Å²) in [7, 11) is 0. The van der Waals surface area contributed by atoms with Gasteiger partial charge in [-0.2, -0.15) is 0 Å². The molecule has 0 N–H and O–H groups in total. The molecular formula is C21H25NO2. The van der Waals surface area contributed by atoms with Crippen molar-refractivity contribution in [3.05, 3.63) is 60.2 Å². The number of nitrogens with zero attached hydrogens (tertiary/aromatic N) is 1. The van der Waals surface area contributed by atoms with Gasteiger partial charge in [0.2, 0.25) is 0 Å². The molecule has 0 radical (unpaired) electrons. The summed E-state index contributed by atoms with van der Waals surface area (Å²) in [5.41, 5.74) is 2.16. The Hall–Kier alpha value is -2.29. The van der Waals surface area contributed by atoms with Gasteiger partial charge in [-0.05, 0) is 44.0 Å². The maximum absolute atomic E-state index is 12.9. The van der Waals surface area contributed by atoms with Crippen molar-refractivity contribution in [2.24, 2.45) is 0 Å². The van der Waals surface area contributed by atoms with Gasteiger partial charge >= 0.3 is 0 Å². The van der Waals surface area contributed by atoms with Crippen molar-refractivity contribution in [3.8, 4) is 5.75 Å². The first-order valence-electron chi connectivity index (χ1n) is 8.80. The lowest BCUT2D eigenvalue weighted by Gasteiger charge is -2.34. The van der Waals surface area contributed by atoms with Crippen LogP contribution in [0.3, 0.4) is 0 Å². The fourth-order valence-electron chi connectivity index (χ4n) is 3.34. The number of carbonyl (C=O) groups excluding carboxylic acids is 1. The average Bonchev–Trinajstić information content (AvgIpc) is 2.63. The summed E-state index contributed by atoms with van der Waals surface area (Å²) in [5.74, 6) is 0.777. The van der Waals surface area contributed by atoms with Crippen LogP contribution < -0.4 is 9.64 Å². The maximum Gasteiger partial charge on any atom is 0.265 e. The Morgan fingerprint density at radius 1 is 1.00 bits per heavy atom. The lowest BCUT2D eigenvalue weighted by molar-refractivity contribution is -0.121. The smallest absolute Gasteiger partial charge is 0.265 e. The van der Waals surface area contributed by atoms with E-state index in [2.05, 4.69) is 0 Å². The zero-order chi connectivity index (χ0) is 16.8. The van der Waals surface area contributed by atoms with E-state index >= 15 is 0 Å². The minimum atomic E-state index is 0.0358. The quantitative estimate of drug-likeness (QED) is 0.795. The molecule has 0 atom stereocenters. The average molecular weight is 323 g/mol. The highest BCUT2D eigenvalue weighted by atomic mass is 16.5. The highest BCUT2D eigenvalue weighted by molar-refractivity contribution is 5.95.